The smallest absolute Gasteiger partial charge is 0.244 e. The molecule has 6 heteroatoms. The van der Waals surface area contributed by atoms with Gasteiger partial charge >= 0.3 is 0 Å². The lowest BCUT2D eigenvalue weighted by Crippen LogP contribution is -2.28. The van der Waals surface area contributed by atoms with E-state index in [2.05, 4.69) is 5.32 Å². The fourth-order valence-electron chi connectivity index (χ4n) is 2.44. The van der Waals surface area contributed by atoms with E-state index >= 15 is 0 Å². The van der Waals surface area contributed by atoms with Crippen molar-refractivity contribution in [3.8, 4) is 17.2 Å². The van der Waals surface area contributed by atoms with E-state index in [9.17, 15) is 15.0 Å². The molecule has 2 rings (SSSR count). The van der Waals surface area contributed by atoms with Gasteiger partial charge < -0.3 is 25.0 Å². The molecule has 0 spiro atoms. The second kappa shape index (κ2) is 10.2. The van der Waals surface area contributed by atoms with Crippen LogP contribution in [0.4, 0.5) is 0 Å². The molecule has 0 aromatic heterocycles. The van der Waals surface area contributed by atoms with Crippen LogP contribution in [0.15, 0.2) is 48.5 Å². The van der Waals surface area contributed by atoms with E-state index in [1.165, 1.54) is 19.3 Å². The maximum absolute atomic E-state index is 12.1. The first kappa shape index (κ1) is 20.3. The van der Waals surface area contributed by atoms with Crippen molar-refractivity contribution in [2.45, 2.75) is 19.4 Å². The molecule has 0 aliphatic carbocycles. The fourth-order valence-corrected chi connectivity index (χ4v) is 2.44. The standard InChI is InChI=1S/C21H25NO5/c1-3-12-27-20(16-6-8-17(23)9-7-16)14-22-21(25)11-5-15-4-10-18(24)19(13-15)26-2/h4-11,13,20,23-24H,3,12,14H2,1-2H3,(H,22,25)/b11-5+/t20-/m1/s1. The van der Waals surface area contributed by atoms with Crippen molar-refractivity contribution in [3.05, 3.63) is 59.7 Å². The monoisotopic (exact) mass is 371 g/mol. The third kappa shape index (κ3) is 6.34. The summed E-state index contributed by atoms with van der Waals surface area (Å²) in [6.07, 6.45) is 3.63. The van der Waals surface area contributed by atoms with Crippen LogP contribution in [-0.2, 0) is 9.53 Å². The normalized spacial score (nSPS) is 12.1. The Bertz CT molecular complexity index is 771. The topological polar surface area (TPSA) is 88.0 Å². The number of aromatic hydroxyl groups is 2. The Labute approximate surface area is 159 Å². The predicted molar refractivity (Wildman–Crippen MR) is 104 cm³/mol. The van der Waals surface area contributed by atoms with E-state index in [1.807, 2.05) is 6.92 Å². The lowest BCUT2D eigenvalue weighted by molar-refractivity contribution is -0.117. The number of carbonyl (C=O) groups is 1. The van der Waals surface area contributed by atoms with Gasteiger partial charge in [0.2, 0.25) is 5.91 Å². The van der Waals surface area contributed by atoms with Crippen molar-refractivity contribution in [1.82, 2.24) is 5.32 Å². The summed E-state index contributed by atoms with van der Waals surface area (Å²) < 4.78 is 10.9. The summed E-state index contributed by atoms with van der Waals surface area (Å²) in [7, 11) is 1.47. The summed E-state index contributed by atoms with van der Waals surface area (Å²) in [5, 5.41) is 21.8. The van der Waals surface area contributed by atoms with Gasteiger partial charge in [-0.05, 0) is 47.9 Å². The molecule has 2 aromatic carbocycles. The van der Waals surface area contributed by atoms with Crippen LogP contribution in [0.1, 0.15) is 30.6 Å². The minimum Gasteiger partial charge on any atom is -0.508 e. The summed E-state index contributed by atoms with van der Waals surface area (Å²) in [4.78, 5) is 12.1. The van der Waals surface area contributed by atoms with Gasteiger partial charge in [-0.15, -0.1) is 0 Å². The van der Waals surface area contributed by atoms with Crippen molar-refractivity contribution in [3.63, 3.8) is 0 Å². The van der Waals surface area contributed by atoms with Crippen molar-refractivity contribution >= 4 is 12.0 Å². The number of rotatable bonds is 9. The largest absolute Gasteiger partial charge is 0.508 e. The maximum Gasteiger partial charge on any atom is 0.244 e. The number of carbonyl (C=O) groups excluding carboxylic acids is 1. The molecular weight excluding hydrogens is 346 g/mol. The average molecular weight is 371 g/mol. The first-order valence-electron chi connectivity index (χ1n) is 8.77. The minimum absolute atomic E-state index is 0.0453. The molecule has 6 nitrogen and oxygen atoms in total. The molecule has 2 aromatic rings. The number of benzene rings is 2. The van der Waals surface area contributed by atoms with E-state index in [1.54, 1.807) is 42.5 Å². The molecule has 0 radical (unpaired) electrons. The molecule has 0 saturated heterocycles. The van der Waals surface area contributed by atoms with Crippen LogP contribution >= 0.6 is 0 Å². The summed E-state index contributed by atoms with van der Waals surface area (Å²) in [5.41, 5.74) is 1.62. The highest BCUT2D eigenvalue weighted by molar-refractivity contribution is 5.91. The summed E-state index contributed by atoms with van der Waals surface area (Å²) in [5.74, 6) is 0.317. The van der Waals surface area contributed by atoms with Gasteiger partial charge in [0.1, 0.15) is 5.75 Å². The molecule has 0 bridgehead atoms. The maximum atomic E-state index is 12.1. The number of amides is 1. The van der Waals surface area contributed by atoms with Gasteiger partial charge in [0.15, 0.2) is 11.5 Å². The van der Waals surface area contributed by atoms with Crippen molar-refractivity contribution in [2.75, 3.05) is 20.3 Å². The Morgan fingerprint density at radius 3 is 2.59 bits per heavy atom. The van der Waals surface area contributed by atoms with E-state index in [-0.39, 0.29) is 23.5 Å². The lowest BCUT2D eigenvalue weighted by Gasteiger charge is -2.18. The number of nitrogens with one attached hydrogen (secondary N) is 1. The number of methoxy groups -OCH3 is 1. The Morgan fingerprint density at radius 1 is 1.19 bits per heavy atom. The van der Waals surface area contributed by atoms with Gasteiger partial charge in [0, 0.05) is 19.2 Å². The van der Waals surface area contributed by atoms with Gasteiger partial charge in [-0.1, -0.05) is 25.1 Å². The second-order valence-corrected chi connectivity index (χ2v) is 5.96. The van der Waals surface area contributed by atoms with E-state index in [4.69, 9.17) is 9.47 Å². The van der Waals surface area contributed by atoms with Crippen LogP contribution in [-0.4, -0.2) is 36.4 Å². The lowest BCUT2D eigenvalue weighted by atomic mass is 10.1. The summed E-state index contributed by atoms with van der Waals surface area (Å²) >= 11 is 0. The molecule has 0 aliphatic rings. The van der Waals surface area contributed by atoms with Crippen molar-refractivity contribution in [1.29, 1.82) is 0 Å². The van der Waals surface area contributed by atoms with Gasteiger partial charge in [-0.2, -0.15) is 0 Å². The molecule has 1 amide bonds. The van der Waals surface area contributed by atoms with Crippen LogP contribution in [0.2, 0.25) is 0 Å². The van der Waals surface area contributed by atoms with Crippen LogP contribution in [0.25, 0.3) is 6.08 Å². The van der Waals surface area contributed by atoms with Crippen LogP contribution in [0.3, 0.4) is 0 Å². The number of phenols is 2. The highest BCUT2D eigenvalue weighted by Gasteiger charge is 2.13. The number of hydrogen-bond acceptors (Lipinski definition) is 5. The molecule has 0 aliphatic heterocycles. The van der Waals surface area contributed by atoms with Gasteiger partial charge in [-0.25, -0.2) is 0 Å². The zero-order valence-electron chi connectivity index (χ0n) is 15.5. The molecule has 0 heterocycles. The van der Waals surface area contributed by atoms with E-state index in [0.29, 0.717) is 18.9 Å². The highest BCUT2D eigenvalue weighted by atomic mass is 16.5. The van der Waals surface area contributed by atoms with Gasteiger partial charge in [0.25, 0.3) is 0 Å². The number of ether oxygens (including phenoxy) is 2. The van der Waals surface area contributed by atoms with Crippen LogP contribution in [0.5, 0.6) is 17.2 Å². The van der Waals surface area contributed by atoms with E-state index in [0.717, 1.165) is 17.5 Å². The Hall–Kier alpha value is -2.99. The van der Waals surface area contributed by atoms with Crippen molar-refractivity contribution < 1.29 is 24.5 Å². The van der Waals surface area contributed by atoms with Crippen molar-refractivity contribution in [2.24, 2.45) is 0 Å². The zero-order chi connectivity index (χ0) is 19.6. The first-order valence-corrected chi connectivity index (χ1v) is 8.77. The summed E-state index contributed by atoms with van der Waals surface area (Å²) in [6.45, 7) is 2.90. The number of hydrogen-bond donors (Lipinski definition) is 3. The van der Waals surface area contributed by atoms with Gasteiger partial charge in [-0.3, -0.25) is 4.79 Å². The third-order valence-electron chi connectivity index (χ3n) is 3.88. The highest BCUT2D eigenvalue weighted by Crippen LogP contribution is 2.26. The average Bonchev–Trinajstić information content (AvgIpc) is 2.68. The molecule has 0 unspecified atom stereocenters. The Balaban J connectivity index is 1.97. The fraction of sp³-hybridized carbons (Fsp3) is 0.286. The molecule has 27 heavy (non-hydrogen) atoms. The SMILES string of the molecule is CCCO[C@H](CNC(=O)/C=C/c1ccc(O)c(OC)c1)c1ccc(O)cc1. The third-order valence-corrected chi connectivity index (χ3v) is 3.88. The van der Waals surface area contributed by atoms with E-state index < -0.39 is 0 Å². The molecule has 0 fully saturated rings. The van der Waals surface area contributed by atoms with Crippen LogP contribution in [0, 0.1) is 0 Å². The Kier molecular flexibility index (Phi) is 7.70. The second-order valence-electron chi connectivity index (χ2n) is 5.96. The molecule has 0 saturated carbocycles. The minimum atomic E-state index is -0.295. The van der Waals surface area contributed by atoms with Gasteiger partial charge in [0.05, 0.1) is 13.2 Å². The predicted octanol–water partition coefficient (Wildman–Crippen LogP) is 3.40. The summed E-state index contributed by atoms with van der Waals surface area (Å²) in [6, 6.07) is 11.6. The molecule has 144 valence electrons. The first-order chi connectivity index (χ1) is 13.0. The number of phenolic OH excluding ortho intramolecular Hbond substituents is 2. The molecule has 3 N–H and O–H groups in total. The quantitative estimate of drug-likeness (QED) is 0.588. The zero-order valence-corrected chi connectivity index (χ0v) is 15.5. The molecular formula is C21H25NO5. The molecule has 1 atom stereocenters. The Morgan fingerprint density at radius 2 is 1.93 bits per heavy atom. The van der Waals surface area contributed by atoms with Crippen LogP contribution < -0.4 is 10.1 Å².